The molecule has 0 spiro atoms. The average molecular weight is 285 g/mol. The molecule has 4 nitrogen and oxygen atoms in total. The summed E-state index contributed by atoms with van der Waals surface area (Å²) in [4.78, 5) is 10.7. The molecule has 0 heterocycles. The van der Waals surface area contributed by atoms with E-state index in [4.69, 9.17) is 15.2 Å². The highest BCUT2D eigenvalue weighted by Crippen LogP contribution is 2.28. The number of benzene rings is 2. The Balaban J connectivity index is 2.09. The summed E-state index contributed by atoms with van der Waals surface area (Å²) >= 11 is 0. The zero-order valence-corrected chi connectivity index (χ0v) is 12.3. The van der Waals surface area contributed by atoms with E-state index >= 15 is 0 Å². The van der Waals surface area contributed by atoms with Crippen LogP contribution in [-0.2, 0) is 12.8 Å². The van der Waals surface area contributed by atoms with Crippen LogP contribution in [0.25, 0.3) is 0 Å². The van der Waals surface area contributed by atoms with E-state index in [2.05, 4.69) is 0 Å². The Hall–Kier alpha value is -2.49. The van der Waals surface area contributed by atoms with Crippen molar-refractivity contribution in [1.29, 1.82) is 0 Å². The second kappa shape index (κ2) is 6.79. The summed E-state index contributed by atoms with van der Waals surface area (Å²) < 4.78 is 10.5. The highest BCUT2D eigenvalue weighted by atomic mass is 16.5. The molecule has 0 bridgehead atoms. The lowest BCUT2D eigenvalue weighted by molar-refractivity contribution is 0.112. The molecule has 2 aromatic rings. The predicted octanol–water partition coefficient (Wildman–Crippen LogP) is 2.88. The Morgan fingerprint density at radius 1 is 0.952 bits per heavy atom. The topological polar surface area (TPSA) is 61.5 Å². The summed E-state index contributed by atoms with van der Waals surface area (Å²) in [5.41, 5.74) is 9.13. The van der Waals surface area contributed by atoms with Crippen molar-refractivity contribution in [2.75, 3.05) is 20.0 Å². The van der Waals surface area contributed by atoms with Gasteiger partial charge in [0, 0.05) is 11.3 Å². The third-order valence-electron chi connectivity index (χ3n) is 3.43. The van der Waals surface area contributed by atoms with E-state index in [1.165, 1.54) is 0 Å². The van der Waals surface area contributed by atoms with E-state index in [-0.39, 0.29) is 0 Å². The van der Waals surface area contributed by atoms with Gasteiger partial charge < -0.3 is 15.2 Å². The zero-order valence-electron chi connectivity index (χ0n) is 12.3. The molecule has 0 aliphatic carbocycles. The van der Waals surface area contributed by atoms with E-state index in [1.54, 1.807) is 20.3 Å². The first-order valence-corrected chi connectivity index (χ1v) is 6.72. The Labute approximate surface area is 124 Å². The van der Waals surface area contributed by atoms with Crippen LogP contribution in [-0.4, -0.2) is 20.5 Å². The van der Waals surface area contributed by atoms with Crippen molar-refractivity contribution in [1.82, 2.24) is 0 Å². The minimum atomic E-state index is 0.523. The third kappa shape index (κ3) is 3.54. The van der Waals surface area contributed by atoms with Crippen LogP contribution < -0.4 is 15.2 Å². The molecule has 21 heavy (non-hydrogen) atoms. The average Bonchev–Trinajstić information content (AvgIpc) is 2.52. The Bertz CT molecular complexity index is 638. The van der Waals surface area contributed by atoms with E-state index in [0.717, 1.165) is 41.8 Å². The van der Waals surface area contributed by atoms with Gasteiger partial charge in [-0.3, -0.25) is 4.79 Å². The monoisotopic (exact) mass is 285 g/mol. The molecule has 0 atom stereocenters. The second-order valence-corrected chi connectivity index (χ2v) is 4.77. The van der Waals surface area contributed by atoms with Crippen LogP contribution in [0.4, 0.5) is 5.69 Å². The van der Waals surface area contributed by atoms with Crippen molar-refractivity contribution < 1.29 is 14.3 Å². The van der Waals surface area contributed by atoms with Crippen LogP contribution in [0.1, 0.15) is 21.5 Å². The summed E-state index contributed by atoms with van der Waals surface area (Å²) in [5, 5.41) is 0. The van der Waals surface area contributed by atoms with Gasteiger partial charge >= 0.3 is 0 Å². The van der Waals surface area contributed by atoms with Crippen molar-refractivity contribution in [3.8, 4) is 11.5 Å². The molecule has 4 heteroatoms. The molecular formula is C17H19NO3. The Morgan fingerprint density at radius 2 is 1.57 bits per heavy atom. The number of hydrogen-bond acceptors (Lipinski definition) is 4. The predicted molar refractivity (Wildman–Crippen MR) is 83.2 cm³/mol. The summed E-state index contributed by atoms with van der Waals surface area (Å²) in [6.07, 6.45) is 2.48. The van der Waals surface area contributed by atoms with Gasteiger partial charge in [-0.1, -0.05) is 12.1 Å². The number of anilines is 1. The number of ether oxygens (including phenoxy) is 2. The first-order valence-electron chi connectivity index (χ1n) is 6.72. The molecule has 0 saturated carbocycles. The Morgan fingerprint density at radius 3 is 2.14 bits per heavy atom. The lowest BCUT2D eigenvalue weighted by Gasteiger charge is -2.10. The van der Waals surface area contributed by atoms with Crippen LogP contribution >= 0.6 is 0 Å². The van der Waals surface area contributed by atoms with Crippen LogP contribution in [0.2, 0.25) is 0 Å². The molecule has 0 fully saturated rings. The highest BCUT2D eigenvalue weighted by molar-refractivity contribution is 5.83. The van der Waals surface area contributed by atoms with Gasteiger partial charge in [-0.25, -0.2) is 0 Å². The highest BCUT2D eigenvalue weighted by Gasteiger charge is 2.05. The summed E-state index contributed by atoms with van der Waals surface area (Å²) in [6.45, 7) is 0. The fourth-order valence-electron chi connectivity index (χ4n) is 2.21. The number of nitrogens with two attached hydrogens (primary N) is 1. The van der Waals surface area contributed by atoms with Crippen LogP contribution in [0.3, 0.4) is 0 Å². The normalized spacial score (nSPS) is 10.2. The molecule has 0 aromatic heterocycles. The number of methoxy groups -OCH3 is 2. The summed E-state index contributed by atoms with van der Waals surface area (Å²) in [7, 11) is 3.25. The van der Waals surface area contributed by atoms with E-state index in [0.29, 0.717) is 11.3 Å². The number of aldehydes is 1. The molecule has 2 rings (SSSR count). The smallest absolute Gasteiger partial charge is 0.160 e. The maximum atomic E-state index is 10.7. The van der Waals surface area contributed by atoms with Gasteiger partial charge in [-0.05, 0) is 48.2 Å². The number of rotatable bonds is 6. The molecule has 0 unspecified atom stereocenters. The van der Waals surface area contributed by atoms with Gasteiger partial charge in [0.2, 0.25) is 0 Å². The molecule has 0 amide bonds. The fourth-order valence-corrected chi connectivity index (χ4v) is 2.21. The fraction of sp³-hybridized carbons (Fsp3) is 0.235. The number of carbonyl (C=O) groups is 1. The van der Waals surface area contributed by atoms with E-state index in [1.807, 2.05) is 30.3 Å². The van der Waals surface area contributed by atoms with Gasteiger partial charge in [-0.15, -0.1) is 0 Å². The maximum Gasteiger partial charge on any atom is 0.160 e. The number of hydrogen-bond donors (Lipinski definition) is 1. The molecule has 2 N–H and O–H groups in total. The maximum absolute atomic E-state index is 10.7. The quantitative estimate of drug-likeness (QED) is 0.655. The SMILES string of the molecule is COc1ccc(CCc2ccc(C=O)c(N)c2)cc1OC. The molecular weight excluding hydrogens is 266 g/mol. The third-order valence-corrected chi connectivity index (χ3v) is 3.43. The minimum Gasteiger partial charge on any atom is -0.493 e. The van der Waals surface area contributed by atoms with Crippen molar-refractivity contribution in [2.45, 2.75) is 12.8 Å². The van der Waals surface area contributed by atoms with Gasteiger partial charge in [0.15, 0.2) is 17.8 Å². The Kier molecular flexibility index (Phi) is 4.82. The summed E-state index contributed by atoms with van der Waals surface area (Å²) in [6, 6.07) is 11.4. The standard InChI is InChI=1S/C17H19NO3/c1-20-16-8-6-13(10-17(16)21-2)4-3-12-5-7-14(11-19)15(18)9-12/h5-11H,3-4,18H2,1-2H3. The molecule has 0 saturated heterocycles. The zero-order chi connectivity index (χ0) is 15.2. The van der Waals surface area contributed by atoms with Gasteiger partial charge in [0.1, 0.15) is 0 Å². The number of nitrogen functional groups attached to an aromatic ring is 1. The summed E-state index contributed by atoms with van der Waals surface area (Å²) in [5.74, 6) is 1.45. The lowest BCUT2D eigenvalue weighted by atomic mass is 10.0. The van der Waals surface area contributed by atoms with E-state index in [9.17, 15) is 4.79 Å². The number of aryl methyl sites for hydroxylation is 2. The van der Waals surface area contributed by atoms with Crippen molar-refractivity contribution in [2.24, 2.45) is 0 Å². The van der Waals surface area contributed by atoms with Crippen LogP contribution in [0, 0.1) is 0 Å². The molecule has 0 aliphatic heterocycles. The first-order chi connectivity index (χ1) is 10.2. The van der Waals surface area contributed by atoms with Gasteiger partial charge in [0.05, 0.1) is 14.2 Å². The molecule has 110 valence electrons. The van der Waals surface area contributed by atoms with Crippen molar-refractivity contribution in [3.05, 3.63) is 53.1 Å². The largest absolute Gasteiger partial charge is 0.493 e. The molecule has 0 aliphatic rings. The molecule has 2 aromatic carbocycles. The van der Waals surface area contributed by atoms with Crippen LogP contribution in [0.5, 0.6) is 11.5 Å². The minimum absolute atomic E-state index is 0.523. The van der Waals surface area contributed by atoms with Crippen molar-refractivity contribution in [3.63, 3.8) is 0 Å². The van der Waals surface area contributed by atoms with Gasteiger partial charge in [-0.2, -0.15) is 0 Å². The van der Waals surface area contributed by atoms with Crippen molar-refractivity contribution >= 4 is 12.0 Å². The number of carbonyl (C=O) groups excluding carboxylic acids is 1. The van der Waals surface area contributed by atoms with E-state index < -0.39 is 0 Å². The second-order valence-electron chi connectivity index (χ2n) is 4.77. The van der Waals surface area contributed by atoms with Crippen LogP contribution in [0.15, 0.2) is 36.4 Å². The lowest BCUT2D eigenvalue weighted by Crippen LogP contribution is -1.98. The molecule has 0 radical (unpaired) electrons. The van der Waals surface area contributed by atoms with Gasteiger partial charge in [0.25, 0.3) is 0 Å². The first kappa shape index (κ1) is 14.9.